The Morgan fingerprint density at radius 3 is 2.67 bits per heavy atom. The number of carbonyl (C=O) groups is 1. The fourth-order valence-corrected chi connectivity index (χ4v) is 1.43. The number of nitrogens with zero attached hydrogens (tertiary/aromatic N) is 2. The molecule has 1 aromatic carbocycles. The van der Waals surface area contributed by atoms with Gasteiger partial charge in [-0.1, -0.05) is 0 Å². The summed E-state index contributed by atoms with van der Waals surface area (Å²) >= 11 is 5.56. The molecular weight excluding hydrogens is 254 g/mol. The summed E-state index contributed by atoms with van der Waals surface area (Å²) in [5.74, 6) is 0.777. The second kappa shape index (κ2) is 6.26. The van der Waals surface area contributed by atoms with Crippen molar-refractivity contribution in [2.75, 3.05) is 27.1 Å². The van der Waals surface area contributed by atoms with Crippen molar-refractivity contribution in [1.29, 1.82) is 0 Å². The maximum Gasteiger partial charge on any atom is 0.257 e. The van der Waals surface area contributed by atoms with Crippen LogP contribution in [0.4, 0.5) is 5.69 Å². The molecule has 0 saturated heterocycles. The first kappa shape index (κ1) is 14.3. The summed E-state index contributed by atoms with van der Waals surface area (Å²) in [5.41, 5.74) is 6.56. The summed E-state index contributed by atoms with van der Waals surface area (Å²) in [5, 5.41) is 0. The van der Waals surface area contributed by atoms with Crippen LogP contribution in [0.1, 0.15) is 10.4 Å². The molecule has 0 aliphatic heterocycles. The van der Waals surface area contributed by atoms with Gasteiger partial charge in [0.15, 0.2) is 0 Å². The monoisotopic (exact) mass is 269 g/mol. The van der Waals surface area contributed by atoms with Gasteiger partial charge in [-0.25, -0.2) is 4.99 Å². The average Bonchev–Trinajstić information content (AvgIpc) is 2.37. The molecule has 6 heteroatoms. The number of carbonyl (C=O) groups excluding carboxylic acids is 1. The topological polar surface area (TPSA) is 67.9 Å². The van der Waals surface area contributed by atoms with E-state index in [2.05, 4.69) is 4.99 Å². The lowest BCUT2D eigenvalue weighted by atomic mass is 10.1. The van der Waals surface area contributed by atoms with Crippen LogP contribution < -0.4 is 10.5 Å². The van der Waals surface area contributed by atoms with Gasteiger partial charge in [-0.3, -0.25) is 4.79 Å². The summed E-state index contributed by atoms with van der Waals surface area (Å²) in [7, 11) is 4.85. The van der Waals surface area contributed by atoms with Gasteiger partial charge in [-0.2, -0.15) is 0 Å². The third kappa shape index (κ3) is 3.37. The van der Waals surface area contributed by atoms with Crippen molar-refractivity contribution in [3.63, 3.8) is 0 Å². The van der Waals surface area contributed by atoms with Crippen LogP contribution in [0.25, 0.3) is 0 Å². The molecule has 2 N–H and O–H groups in total. The highest BCUT2D eigenvalue weighted by atomic mass is 35.5. The molecule has 1 rings (SSSR count). The minimum atomic E-state index is -0.159. The number of ether oxygens (including phenoxy) is 1. The Morgan fingerprint density at radius 1 is 1.50 bits per heavy atom. The predicted molar refractivity (Wildman–Crippen MR) is 73.0 cm³/mol. The van der Waals surface area contributed by atoms with Crippen LogP contribution in [0.3, 0.4) is 0 Å². The van der Waals surface area contributed by atoms with E-state index < -0.39 is 0 Å². The highest BCUT2D eigenvalue weighted by Crippen LogP contribution is 2.25. The lowest BCUT2D eigenvalue weighted by molar-refractivity contribution is 0.0824. The zero-order valence-corrected chi connectivity index (χ0v) is 11.4. The van der Waals surface area contributed by atoms with Crippen molar-refractivity contribution in [3.05, 3.63) is 23.8 Å². The minimum Gasteiger partial charge on any atom is -0.496 e. The Labute approximate surface area is 111 Å². The molecule has 98 valence electrons. The second-order valence-electron chi connectivity index (χ2n) is 3.82. The molecule has 0 aliphatic carbocycles. The Morgan fingerprint density at radius 2 is 2.17 bits per heavy atom. The number of amidine groups is 1. The number of benzene rings is 1. The van der Waals surface area contributed by atoms with E-state index in [1.54, 1.807) is 32.3 Å². The second-order valence-corrected chi connectivity index (χ2v) is 4.09. The van der Waals surface area contributed by atoms with Gasteiger partial charge in [-0.05, 0) is 18.2 Å². The molecule has 1 amide bonds. The summed E-state index contributed by atoms with van der Waals surface area (Å²) < 4.78 is 5.15. The summed E-state index contributed by atoms with van der Waals surface area (Å²) in [6.45, 7) is 0. The SMILES string of the molecule is COc1ccc(N=C(N)CCl)cc1C(=O)N(C)C. The van der Waals surface area contributed by atoms with Gasteiger partial charge >= 0.3 is 0 Å². The molecule has 0 atom stereocenters. The molecule has 5 nitrogen and oxygen atoms in total. The molecular formula is C12H16ClN3O2. The van der Waals surface area contributed by atoms with Crippen molar-refractivity contribution in [2.45, 2.75) is 0 Å². The maximum absolute atomic E-state index is 12.0. The number of amides is 1. The highest BCUT2D eigenvalue weighted by Gasteiger charge is 2.14. The minimum absolute atomic E-state index is 0.142. The van der Waals surface area contributed by atoms with E-state index >= 15 is 0 Å². The molecule has 0 fully saturated rings. The molecule has 0 bridgehead atoms. The lowest BCUT2D eigenvalue weighted by Crippen LogP contribution is -2.22. The van der Waals surface area contributed by atoms with Crippen LogP contribution in [0, 0.1) is 0 Å². The number of aliphatic imine (C=N–C) groups is 1. The van der Waals surface area contributed by atoms with Gasteiger partial charge in [-0.15, -0.1) is 11.6 Å². The Hall–Kier alpha value is -1.75. The van der Waals surface area contributed by atoms with Gasteiger partial charge in [0.25, 0.3) is 5.91 Å². The smallest absolute Gasteiger partial charge is 0.257 e. The van der Waals surface area contributed by atoms with Crippen molar-refractivity contribution in [2.24, 2.45) is 10.7 Å². The summed E-state index contributed by atoms with van der Waals surface area (Å²) in [4.78, 5) is 17.5. The van der Waals surface area contributed by atoms with Gasteiger partial charge in [0.1, 0.15) is 11.6 Å². The molecule has 1 aromatic rings. The number of nitrogens with two attached hydrogens (primary N) is 1. The van der Waals surface area contributed by atoms with Crippen molar-refractivity contribution >= 4 is 29.0 Å². The zero-order chi connectivity index (χ0) is 13.7. The predicted octanol–water partition coefficient (Wildman–Crippen LogP) is 1.62. The van der Waals surface area contributed by atoms with Crippen molar-refractivity contribution in [3.8, 4) is 5.75 Å². The maximum atomic E-state index is 12.0. The first-order chi connectivity index (χ1) is 8.49. The summed E-state index contributed by atoms with van der Waals surface area (Å²) in [6.07, 6.45) is 0. The van der Waals surface area contributed by atoms with Gasteiger partial charge < -0.3 is 15.4 Å². The van der Waals surface area contributed by atoms with Crippen LogP contribution in [0.5, 0.6) is 5.75 Å². The average molecular weight is 270 g/mol. The molecule has 0 unspecified atom stereocenters. The first-order valence-electron chi connectivity index (χ1n) is 5.28. The molecule has 0 heterocycles. The molecule has 0 aliphatic rings. The number of halogens is 1. The van der Waals surface area contributed by atoms with Crippen LogP contribution >= 0.6 is 11.6 Å². The molecule has 18 heavy (non-hydrogen) atoms. The molecule has 0 saturated carbocycles. The van der Waals surface area contributed by atoms with E-state index in [4.69, 9.17) is 22.1 Å². The largest absolute Gasteiger partial charge is 0.496 e. The summed E-state index contributed by atoms with van der Waals surface area (Å²) in [6, 6.07) is 5.02. The number of alkyl halides is 1. The van der Waals surface area contributed by atoms with Crippen molar-refractivity contribution in [1.82, 2.24) is 4.90 Å². The van der Waals surface area contributed by atoms with Crippen LogP contribution in [0.15, 0.2) is 23.2 Å². The molecule has 0 radical (unpaired) electrons. The lowest BCUT2D eigenvalue weighted by Gasteiger charge is -2.13. The third-order valence-electron chi connectivity index (χ3n) is 2.23. The quantitative estimate of drug-likeness (QED) is 0.513. The number of methoxy groups -OCH3 is 1. The van der Waals surface area contributed by atoms with E-state index in [1.807, 2.05) is 0 Å². The van der Waals surface area contributed by atoms with Gasteiger partial charge in [0.05, 0.1) is 24.2 Å². The number of hydrogen-bond acceptors (Lipinski definition) is 3. The van der Waals surface area contributed by atoms with Gasteiger partial charge in [0.2, 0.25) is 0 Å². The normalized spacial score (nSPS) is 11.2. The number of rotatable bonds is 4. The van der Waals surface area contributed by atoms with Crippen LogP contribution in [0.2, 0.25) is 0 Å². The number of hydrogen-bond donors (Lipinski definition) is 1. The van der Waals surface area contributed by atoms with E-state index in [1.165, 1.54) is 12.0 Å². The van der Waals surface area contributed by atoms with E-state index in [9.17, 15) is 4.79 Å². The Bertz CT molecular complexity index is 472. The fourth-order valence-electron chi connectivity index (χ4n) is 1.37. The van der Waals surface area contributed by atoms with Crippen molar-refractivity contribution < 1.29 is 9.53 Å². The first-order valence-corrected chi connectivity index (χ1v) is 5.81. The molecule has 0 spiro atoms. The zero-order valence-electron chi connectivity index (χ0n) is 10.6. The third-order valence-corrected chi connectivity index (χ3v) is 2.50. The molecule has 0 aromatic heterocycles. The Balaban J connectivity index is 3.22. The standard InChI is InChI=1S/C12H16ClN3O2/c1-16(2)12(17)9-6-8(15-11(14)7-13)4-5-10(9)18-3/h4-6H,7H2,1-3H3,(H2,14,15). The van der Waals surface area contributed by atoms with E-state index in [0.717, 1.165) is 0 Å². The fraction of sp³-hybridized carbons (Fsp3) is 0.333. The Kier molecular flexibility index (Phi) is 4.97. The van der Waals surface area contributed by atoms with E-state index in [0.29, 0.717) is 22.8 Å². The van der Waals surface area contributed by atoms with Crippen LogP contribution in [-0.4, -0.2) is 43.7 Å². The van der Waals surface area contributed by atoms with Gasteiger partial charge in [0, 0.05) is 14.1 Å². The van der Waals surface area contributed by atoms with Crippen LogP contribution in [-0.2, 0) is 0 Å². The highest BCUT2D eigenvalue weighted by molar-refractivity contribution is 6.28. The van der Waals surface area contributed by atoms with E-state index in [-0.39, 0.29) is 11.8 Å².